The molecule has 1 aromatic rings. The lowest BCUT2D eigenvalue weighted by atomic mass is 10.0. The van der Waals surface area contributed by atoms with E-state index in [9.17, 15) is 14.4 Å². The Morgan fingerprint density at radius 3 is 2.29 bits per heavy atom. The number of hydrogen-bond acceptors (Lipinski definition) is 3. The van der Waals surface area contributed by atoms with Crippen LogP contribution in [0.3, 0.4) is 0 Å². The Labute approximate surface area is 140 Å². The van der Waals surface area contributed by atoms with Crippen LogP contribution in [0.25, 0.3) is 0 Å². The van der Waals surface area contributed by atoms with Crippen molar-refractivity contribution in [2.45, 2.75) is 44.6 Å². The fourth-order valence-corrected chi connectivity index (χ4v) is 3.57. The average Bonchev–Trinajstić information content (AvgIpc) is 3.41. The monoisotopic (exact) mass is 324 g/mol. The molecule has 24 heavy (non-hydrogen) atoms. The van der Waals surface area contributed by atoms with Crippen molar-refractivity contribution in [2.75, 3.05) is 6.54 Å². The van der Waals surface area contributed by atoms with Gasteiger partial charge in [0.1, 0.15) is 6.54 Å². The van der Waals surface area contributed by atoms with Gasteiger partial charge >= 0.3 is 0 Å². The molecule has 0 N–H and O–H groups in total. The summed E-state index contributed by atoms with van der Waals surface area (Å²) >= 11 is 0. The van der Waals surface area contributed by atoms with Gasteiger partial charge in [0.05, 0.1) is 11.1 Å². The topological polar surface area (TPSA) is 57.7 Å². The van der Waals surface area contributed by atoms with Gasteiger partial charge in [-0.25, -0.2) is 0 Å². The SMILES string of the molecule is O=C1c2ccccc2C(=O)N1CC(=O)N(C1=CCCCC1)C1CC1. The van der Waals surface area contributed by atoms with Crippen LogP contribution in [0.1, 0.15) is 59.2 Å². The summed E-state index contributed by atoms with van der Waals surface area (Å²) in [5, 5.41) is 0. The summed E-state index contributed by atoms with van der Waals surface area (Å²) in [6, 6.07) is 7.00. The van der Waals surface area contributed by atoms with Crippen LogP contribution in [-0.4, -0.2) is 40.1 Å². The fraction of sp³-hybridized carbons (Fsp3) is 0.421. The smallest absolute Gasteiger partial charge is 0.262 e. The van der Waals surface area contributed by atoms with E-state index in [1.165, 1.54) is 0 Å². The van der Waals surface area contributed by atoms with Crippen LogP contribution < -0.4 is 0 Å². The molecule has 0 radical (unpaired) electrons. The zero-order valence-electron chi connectivity index (χ0n) is 13.5. The normalized spacial score (nSPS) is 20.0. The van der Waals surface area contributed by atoms with E-state index < -0.39 is 0 Å². The van der Waals surface area contributed by atoms with Gasteiger partial charge in [-0.1, -0.05) is 18.2 Å². The number of nitrogens with zero attached hydrogens (tertiary/aromatic N) is 2. The Kier molecular flexibility index (Phi) is 3.71. The van der Waals surface area contributed by atoms with Crippen molar-refractivity contribution in [3.8, 4) is 0 Å². The molecule has 4 rings (SSSR count). The van der Waals surface area contributed by atoms with Gasteiger partial charge in [0, 0.05) is 11.7 Å². The molecule has 0 aromatic heterocycles. The van der Waals surface area contributed by atoms with Crippen molar-refractivity contribution in [1.82, 2.24) is 9.80 Å². The zero-order chi connectivity index (χ0) is 16.7. The van der Waals surface area contributed by atoms with Crippen LogP contribution >= 0.6 is 0 Å². The lowest BCUT2D eigenvalue weighted by Crippen LogP contribution is -2.43. The summed E-state index contributed by atoms with van der Waals surface area (Å²) in [6.07, 6.45) is 8.31. The Balaban J connectivity index is 1.54. The predicted octanol–water partition coefficient (Wildman–Crippen LogP) is 2.73. The zero-order valence-corrected chi connectivity index (χ0v) is 13.5. The lowest BCUT2D eigenvalue weighted by molar-refractivity contribution is -0.130. The molecular formula is C19H20N2O3. The van der Waals surface area contributed by atoms with Crippen LogP contribution in [0.2, 0.25) is 0 Å². The summed E-state index contributed by atoms with van der Waals surface area (Å²) in [7, 11) is 0. The maximum atomic E-state index is 12.9. The summed E-state index contributed by atoms with van der Waals surface area (Å²) in [6.45, 7) is -0.166. The molecule has 0 bridgehead atoms. The van der Waals surface area contributed by atoms with E-state index in [1.54, 1.807) is 24.3 Å². The molecule has 3 aliphatic rings. The minimum Gasteiger partial charge on any atom is -0.312 e. The first-order chi connectivity index (χ1) is 11.7. The van der Waals surface area contributed by atoms with E-state index in [2.05, 4.69) is 6.08 Å². The van der Waals surface area contributed by atoms with Gasteiger partial charge in [0.15, 0.2) is 0 Å². The van der Waals surface area contributed by atoms with E-state index in [0.717, 1.165) is 49.1 Å². The van der Waals surface area contributed by atoms with Gasteiger partial charge in [0.25, 0.3) is 11.8 Å². The molecular weight excluding hydrogens is 304 g/mol. The first kappa shape index (κ1) is 15.1. The van der Waals surface area contributed by atoms with Crippen molar-refractivity contribution in [2.24, 2.45) is 0 Å². The molecule has 1 aliphatic heterocycles. The molecule has 1 heterocycles. The van der Waals surface area contributed by atoms with Gasteiger partial charge in [0.2, 0.25) is 5.91 Å². The number of amides is 3. The molecule has 1 aromatic carbocycles. The standard InChI is InChI=1S/C19H20N2O3/c22-17(21(14-10-11-14)13-6-2-1-3-7-13)12-20-18(23)15-8-4-5-9-16(15)19(20)24/h4-6,8-9,14H,1-3,7,10-12H2. The number of fused-ring (bicyclic) bond motifs is 1. The molecule has 0 spiro atoms. The van der Waals surface area contributed by atoms with E-state index in [-0.39, 0.29) is 30.3 Å². The molecule has 0 atom stereocenters. The minimum absolute atomic E-state index is 0.139. The first-order valence-electron chi connectivity index (χ1n) is 8.63. The van der Waals surface area contributed by atoms with E-state index in [1.807, 2.05) is 4.90 Å². The molecule has 5 nitrogen and oxygen atoms in total. The van der Waals surface area contributed by atoms with Crippen molar-refractivity contribution < 1.29 is 14.4 Å². The minimum atomic E-state index is -0.364. The van der Waals surface area contributed by atoms with Gasteiger partial charge < -0.3 is 4.90 Å². The quantitative estimate of drug-likeness (QED) is 0.800. The summed E-state index contributed by atoms with van der Waals surface area (Å²) < 4.78 is 0. The van der Waals surface area contributed by atoms with Gasteiger partial charge in [-0.2, -0.15) is 0 Å². The van der Waals surface area contributed by atoms with Crippen molar-refractivity contribution in [3.63, 3.8) is 0 Å². The number of benzene rings is 1. The third-order valence-corrected chi connectivity index (χ3v) is 4.93. The predicted molar refractivity (Wildman–Crippen MR) is 88.2 cm³/mol. The summed E-state index contributed by atoms with van der Waals surface area (Å²) in [5.74, 6) is -0.866. The second-order valence-electron chi connectivity index (χ2n) is 6.68. The molecule has 0 unspecified atom stereocenters. The highest BCUT2D eigenvalue weighted by Crippen LogP contribution is 2.34. The van der Waals surface area contributed by atoms with Crippen LogP contribution in [-0.2, 0) is 4.79 Å². The molecule has 1 fully saturated rings. The average molecular weight is 324 g/mol. The largest absolute Gasteiger partial charge is 0.312 e. The fourth-order valence-electron chi connectivity index (χ4n) is 3.57. The van der Waals surface area contributed by atoms with Crippen LogP contribution in [0, 0.1) is 0 Å². The highest BCUT2D eigenvalue weighted by molar-refractivity contribution is 6.22. The van der Waals surface area contributed by atoms with Crippen molar-refractivity contribution in [1.29, 1.82) is 0 Å². The van der Waals surface area contributed by atoms with Crippen molar-refractivity contribution in [3.05, 3.63) is 47.2 Å². The molecule has 2 aliphatic carbocycles. The third kappa shape index (κ3) is 2.54. The Morgan fingerprint density at radius 2 is 1.75 bits per heavy atom. The number of carbonyl (C=O) groups is 3. The van der Waals surface area contributed by atoms with E-state index in [4.69, 9.17) is 0 Å². The molecule has 0 saturated heterocycles. The maximum absolute atomic E-state index is 12.9. The van der Waals surface area contributed by atoms with Gasteiger partial charge in [-0.15, -0.1) is 0 Å². The second kappa shape index (κ2) is 5.89. The molecule has 124 valence electrons. The number of carbonyl (C=O) groups excluding carboxylic acids is 3. The third-order valence-electron chi connectivity index (χ3n) is 4.93. The molecule has 3 amide bonds. The second-order valence-corrected chi connectivity index (χ2v) is 6.68. The summed E-state index contributed by atoms with van der Waals surface area (Å²) in [5.41, 5.74) is 1.86. The number of imide groups is 1. The highest BCUT2D eigenvalue weighted by atomic mass is 16.2. The Morgan fingerprint density at radius 1 is 1.08 bits per heavy atom. The number of hydrogen-bond donors (Lipinski definition) is 0. The first-order valence-corrected chi connectivity index (χ1v) is 8.63. The van der Waals surface area contributed by atoms with E-state index in [0.29, 0.717) is 11.1 Å². The van der Waals surface area contributed by atoms with Gasteiger partial charge in [-0.3, -0.25) is 19.3 Å². The van der Waals surface area contributed by atoms with Crippen LogP contribution in [0.5, 0.6) is 0 Å². The lowest BCUT2D eigenvalue weighted by Gasteiger charge is -2.29. The number of rotatable bonds is 4. The van der Waals surface area contributed by atoms with Crippen LogP contribution in [0.4, 0.5) is 0 Å². The number of allylic oxidation sites excluding steroid dienone is 2. The van der Waals surface area contributed by atoms with Crippen molar-refractivity contribution >= 4 is 17.7 Å². The summed E-state index contributed by atoms with van der Waals surface area (Å²) in [4.78, 5) is 40.7. The van der Waals surface area contributed by atoms with E-state index >= 15 is 0 Å². The maximum Gasteiger partial charge on any atom is 0.262 e. The molecule has 1 saturated carbocycles. The Hall–Kier alpha value is -2.43. The van der Waals surface area contributed by atoms with Crippen LogP contribution in [0.15, 0.2) is 36.0 Å². The van der Waals surface area contributed by atoms with Gasteiger partial charge in [-0.05, 0) is 50.7 Å². The highest BCUT2D eigenvalue weighted by Gasteiger charge is 2.40. The molecule has 5 heteroatoms. The Bertz CT molecular complexity index is 714.